The van der Waals surface area contributed by atoms with Gasteiger partial charge in [0.05, 0.1) is 12.0 Å². The number of hydrogen-bond acceptors (Lipinski definition) is 4. The van der Waals surface area contributed by atoms with Gasteiger partial charge >= 0.3 is 5.97 Å². The van der Waals surface area contributed by atoms with E-state index in [9.17, 15) is 18.7 Å². The van der Waals surface area contributed by atoms with Crippen LogP contribution in [-0.2, 0) is 25.9 Å². The average Bonchev–Trinajstić information content (AvgIpc) is 3.03. The van der Waals surface area contributed by atoms with E-state index in [1.807, 2.05) is 13.8 Å². The van der Waals surface area contributed by atoms with Gasteiger partial charge in [0.1, 0.15) is 12.0 Å². The maximum Gasteiger partial charge on any atom is 0.328 e. The molecule has 0 aromatic carbocycles. The van der Waals surface area contributed by atoms with Gasteiger partial charge < -0.3 is 10.1 Å². The van der Waals surface area contributed by atoms with E-state index in [4.69, 9.17) is 4.99 Å². The van der Waals surface area contributed by atoms with Crippen molar-refractivity contribution in [3.8, 4) is 0 Å². The second kappa shape index (κ2) is 10.0. The fourth-order valence-corrected chi connectivity index (χ4v) is 4.01. The molecule has 3 rings (SSSR count). The molecule has 2 unspecified atom stereocenters. The Morgan fingerprint density at radius 3 is 2.34 bits per heavy atom. The quantitative estimate of drug-likeness (QED) is 0.411. The van der Waals surface area contributed by atoms with Crippen LogP contribution in [0.2, 0.25) is 0 Å². The second-order valence-electron chi connectivity index (χ2n) is 8.07. The fourth-order valence-electron chi connectivity index (χ4n) is 4.01. The summed E-state index contributed by atoms with van der Waals surface area (Å²) in [5, 5.41) is 9.43. The van der Waals surface area contributed by atoms with Gasteiger partial charge in [0.15, 0.2) is 0 Å². The molecule has 0 bridgehead atoms. The SMILES string of the molecule is CC(C)(C1=NC(C(=O)O)CCCC1)C1=NC(c2[c-]cc(F)nc2F)CCCC1.[Pt]. The summed E-state index contributed by atoms with van der Waals surface area (Å²) in [4.78, 5) is 24.2. The first kappa shape index (κ1) is 23.8. The van der Waals surface area contributed by atoms with Crippen LogP contribution in [-0.4, -0.2) is 33.5 Å². The van der Waals surface area contributed by atoms with Crippen molar-refractivity contribution in [2.24, 2.45) is 15.4 Å². The molecule has 0 radical (unpaired) electrons. The molecule has 8 heteroatoms. The van der Waals surface area contributed by atoms with Crippen molar-refractivity contribution in [1.82, 2.24) is 4.98 Å². The van der Waals surface area contributed by atoms with E-state index in [0.29, 0.717) is 12.8 Å². The molecule has 2 atom stereocenters. The summed E-state index contributed by atoms with van der Waals surface area (Å²) in [7, 11) is 0. The van der Waals surface area contributed by atoms with Gasteiger partial charge in [-0.15, -0.1) is 6.07 Å². The van der Waals surface area contributed by atoms with Gasteiger partial charge in [0.25, 0.3) is 0 Å². The maximum absolute atomic E-state index is 14.2. The zero-order chi connectivity index (χ0) is 20.3. The third kappa shape index (κ3) is 5.56. The molecule has 0 amide bonds. The molecular formula is C21H26F2N3O2Pt-. The van der Waals surface area contributed by atoms with Crippen molar-refractivity contribution < 1.29 is 39.7 Å². The molecular weight excluding hydrogens is 559 g/mol. The monoisotopic (exact) mass is 585 g/mol. The van der Waals surface area contributed by atoms with Crippen LogP contribution in [0.25, 0.3) is 0 Å². The molecule has 1 aromatic rings. The zero-order valence-electron chi connectivity index (χ0n) is 16.7. The molecule has 29 heavy (non-hydrogen) atoms. The molecule has 0 spiro atoms. The number of carboxylic acid groups (broad SMARTS) is 1. The van der Waals surface area contributed by atoms with Gasteiger partial charge in [-0.1, -0.05) is 18.4 Å². The van der Waals surface area contributed by atoms with Crippen LogP contribution in [0.3, 0.4) is 0 Å². The van der Waals surface area contributed by atoms with Crippen LogP contribution >= 0.6 is 0 Å². The Morgan fingerprint density at radius 2 is 1.72 bits per heavy atom. The number of carbonyl (C=O) groups is 1. The van der Waals surface area contributed by atoms with E-state index >= 15 is 0 Å². The Bertz CT molecular complexity index is 811. The van der Waals surface area contributed by atoms with Crippen molar-refractivity contribution in [3.63, 3.8) is 0 Å². The van der Waals surface area contributed by atoms with Crippen LogP contribution in [0.1, 0.15) is 76.8 Å². The fraction of sp³-hybridized carbons (Fsp3) is 0.619. The van der Waals surface area contributed by atoms with Gasteiger partial charge in [0, 0.05) is 37.9 Å². The number of aromatic nitrogens is 1. The Labute approximate surface area is 184 Å². The zero-order valence-corrected chi connectivity index (χ0v) is 18.9. The molecule has 1 aromatic heterocycles. The van der Waals surface area contributed by atoms with Gasteiger partial charge in [0.2, 0.25) is 0 Å². The van der Waals surface area contributed by atoms with E-state index in [-0.39, 0.29) is 26.6 Å². The predicted octanol–water partition coefficient (Wildman–Crippen LogP) is 4.71. The van der Waals surface area contributed by atoms with Crippen molar-refractivity contribution in [1.29, 1.82) is 0 Å². The Hall–Kier alpha value is -1.49. The molecule has 2 aliphatic rings. The van der Waals surface area contributed by atoms with Crippen molar-refractivity contribution in [3.05, 3.63) is 29.6 Å². The van der Waals surface area contributed by atoms with Crippen LogP contribution in [0.15, 0.2) is 16.1 Å². The molecule has 2 aliphatic heterocycles. The standard InChI is InChI=1S/C21H26F2N3O2.Pt/c1-21(2,17-10-6-4-8-15(25-17)20(27)28)16-9-5-3-7-14(24-16)13-11-12-18(22)26-19(13)23;/h12,14-15H,3-10H2,1-2H3,(H,27,28);/q-1;. The summed E-state index contributed by atoms with van der Waals surface area (Å²) in [6, 6.07) is 2.51. The first-order valence-electron chi connectivity index (χ1n) is 9.89. The van der Waals surface area contributed by atoms with Crippen LogP contribution in [0.5, 0.6) is 0 Å². The summed E-state index contributed by atoms with van der Waals surface area (Å²) >= 11 is 0. The molecule has 0 fully saturated rings. The number of pyridine rings is 1. The minimum absolute atomic E-state index is 0. The van der Waals surface area contributed by atoms with Crippen LogP contribution in [0.4, 0.5) is 8.78 Å². The van der Waals surface area contributed by atoms with Gasteiger partial charge in [-0.05, 0) is 52.4 Å². The topological polar surface area (TPSA) is 74.9 Å². The number of halogens is 2. The third-order valence-electron chi connectivity index (χ3n) is 5.74. The summed E-state index contributed by atoms with van der Waals surface area (Å²) in [5.74, 6) is -2.66. The molecule has 1 N–H and O–H groups in total. The van der Waals surface area contributed by atoms with Crippen molar-refractivity contribution in [2.75, 3.05) is 0 Å². The van der Waals surface area contributed by atoms with Gasteiger partial charge in [-0.3, -0.25) is 18.8 Å². The molecule has 0 saturated carbocycles. The number of aliphatic imine (C=N–C) groups is 2. The number of rotatable bonds is 4. The number of aliphatic carboxylic acids is 1. The normalized spacial score (nSPS) is 23.2. The van der Waals surface area contributed by atoms with E-state index in [2.05, 4.69) is 16.0 Å². The number of hydrogen-bond donors (Lipinski definition) is 1. The summed E-state index contributed by atoms with van der Waals surface area (Å²) < 4.78 is 27.4. The Balaban J connectivity index is 0.00000300. The maximum atomic E-state index is 14.2. The van der Waals surface area contributed by atoms with Crippen molar-refractivity contribution in [2.45, 2.75) is 77.3 Å². The first-order valence-corrected chi connectivity index (χ1v) is 9.89. The summed E-state index contributed by atoms with van der Waals surface area (Å²) in [5.41, 5.74) is 1.41. The smallest absolute Gasteiger partial charge is 0.328 e. The van der Waals surface area contributed by atoms with Gasteiger partial charge in [-0.2, -0.15) is 6.07 Å². The van der Waals surface area contributed by atoms with E-state index in [1.165, 1.54) is 0 Å². The van der Waals surface area contributed by atoms with E-state index in [0.717, 1.165) is 56.0 Å². The van der Waals surface area contributed by atoms with Crippen LogP contribution < -0.4 is 0 Å². The van der Waals surface area contributed by atoms with E-state index in [1.54, 1.807) is 0 Å². The van der Waals surface area contributed by atoms with Gasteiger partial charge in [-0.25, -0.2) is 4.79 Å². The third-order valence-corrected chi connectivity index (χ3v) is 5.74. The Kier molecular flexibility index (Phi) is 8.21. The molecule has 0 saturated heterocycles. The molecule has 162 valence electrons. The molecule has 5 nitrogen and oxygen atoms in total. The molecule has 3 heterocycles. The average molecular weight is 586 g/mol. The molecule has 0 aliphatic carbocycles. The second-order valence-corrected chi connectivity index (χ2v) is 8.07. The van der Waals surface area contributed by atoms with Crippen molar-refractivity contribution >= 4 is 17.4 Å². The Morgan fingerprint density at radius 1 is 1.10 bits per heavy atom. The number of nitrogens with zero attached hydrogens (tertiary/aromatic N) is 3. The summed E-state index contributed by atoms with van der Waals surface area (Å²) in [6.07, 6.45) is 6.17. The first-order chi connectivity index (χ1) is 13.3. The van der Waals surface area contributed by atoms with Crippen LogP contribution in [0, 0.1) is 23.4 Å². The minimum atomic E-state index is -0.898. The van der Waals surface area contributed by atoms with E-state index < -0.39 is 35.4 Å². The minimum Gasteiger partial charge on any atom is -0.480 e. The number of carboxylic acids is 1. The largest absolute Gasteiger partial charge is 0.480 e. The summed E-state index contributed by atoms with van der Waals surface area (Å²) in [6.45, 7) is 4.03. The predicted molar refractivity (Wildman–Crippen MR) is 103 cm³/mol.